The van der Waals surface area contributed by atoms with Crippen molar-refractivity contribution in [3.8, 4) is 5.75 Å². The number of rotatable bonds is 11. The molecule has 0 saturated heterocycles. The van der Waals surface area contributed by atoms with E-state index in [1.807, 2.05) is 0 Å². The van der Waals surface area contributed by atoms with Gasteiger partial charge in [0.05, 0.1) is 32.4 Å². The zero-order valence-electron chi connectivity index (χ0n) is 14.9. The molecule has 0 radical (unpaired) electrons. The van der Waals surface area contributed by atoms with Gasteiger partial charge in [0, 0.05) is 31.2 Å². The van der Waals surface area contributed by atoms with E-state index in [1.54, 1.807) is 0 Å². The first-order valence-corrected chi connectivity index (χ1v) is 7.68. The van der Waals surface area contributed by atoms with Gasteiger partial charge in [-0.2, -0.15) is 0 Å². The van der Waals surface area contributed by atoms with Gasteiger partial charge < -0.3 is 24.3 Å². The van der Waals surface area contributed by atoms with Crippen molar-refractivity contribution in [1.82, 2.24) is 5.32 Å². The summed E-state index contributed by atoms with van der Waals surface area (Å²) >= 11 is 0. The van der Waals surface area contributed by atoms with Gasteiger partial charge in [0.15, 0.2) is 0 Å². The molecule has 0 aliphatic rings. The molecule has 1 N–H and O–H groups in total. The van der Waals surface area contributed by atoms with Crippen molar-refractivity contribution in [3.05, 3.63) is 33.9 Å². The fourth-order valence-electron chi connectivity index (χ4n) is 2.14. The number of amides is 1. The smallest absolute Gasteiger partial charge is 0.328 e. The summed E-state index contributed by atoms with van der Waals surface area (Å²) < 4.78 is 19.7. The summed E-state index contributed by atoms with van der Waals surface area (Å²) in [7, 11) is 4.09. The maximum atomic E-state index is 12.0. The molecule has 1 atom stereocenters. The van der Waals surface area contributed by atoms with E-state index in [2.05, 4.69) is 5.32 Å². The number of nitrogens with one attached hydrogen (secondary N) is 1. The molecule has 1 aromatic rings. The topological polar surface area (TPSA) is 126 Å². The van der Waals surface area contributed by atoms with Gasteiger partial charge in [0.1, 0.15) is 18.4 Å². The number of hydrogen-bond donors (Lipinski definition) is 1. The van der Waals surface area contributed by atoms with E-state index < -0.39 is 22.8 Å². The van der Waals surface area contributed by atoms with Crippen LogP contribution in [0.4, 0.5) is 5.69 Å². The molecule has 0 fully saturated rings. The molecule has 1 aromatic carbocycles. The minimum Gasteiger partial charge on any atom is -0.496 e. The molecule has 0 saturated carbocycles. The van der Waals surface area contributed by atoms with E-state index in [0.717, 1.165) is 0 Å². The van der Waals surface area contributed by atoms with Crippen LogP contribution in [0.3, 0.4) is 0 Å². The van der Waals surface area contributed by atoms with Crippen molar-refractivity contribution >= 4 is 17.6 Å². The molecule has 0 unspecified atom stereocenters. The zero-order valence-corrected chi connectivity index (χ0v) is 14.9. The third-order valence-corrected chi connectivity index (χ3v) is 3.38. The van der Waals surface area contributed by atoms with Crippen molar-refractivity contribution < 1.29 is 33.5 Å². The lowest BCUT2D eigenvalue weighted by atomic mass is 10.0. The predicted molar refractivity (Wildman–Crippen MR) is 90.0 cm³/mol. The Hall–Kier alpha value is -2.72. The average molecular weight is 370 g/mol. The highest BCUT2D eigenvalue weighted by molar-refractivity contribution is 5.85. The fraction of sp³-hybridized carbons (Fsp3) is 0.500. The highest BCUT2D eigenvalue weighted by Gasteiger charge is 2.24. The summed E-state index contributed by atoms with van der Waals surface area (Å²) in [5.74, 6) is -0.861. The highest BCUT2D eigenvalue weighted by Crippen LogP contribution is 2.25. The van der Waals surface area contributed by atoms with E-state index in [0.29, 0.717) is 17.9 Å². The van der Waals surface area contributed by atoms with Crippen molar-refractivity contribution in [2.45, 2.75) is 12.5 Å². The van der Waals surface area contributed by atoms with Gasteiger partial charge in [-0.3, -0.25) is 14.9 Å². The highest BCUT2D eigenvalue weighted by atomic mass is 16.6. The number of non-ortho nitro benzene ring substituents is 1. The molecule has 0 heterocycles. The molecule has 26 heavy (non-hydrogen) atoms. The summed E-state index contributed by atoms with van der Waals surface area (Å²) in [5.41, 5.74) is 0.233. The third-order valence-electron chi connectivity index (χ3n) is 3.38. The number of benzene rings is 1. The van der Waals surface area contributed by atoms with Crippen LogP contribution in [-0.2, 0) is 30.2 Å². The molecule has 0 aromatic heterocycles. The standard InChI is InChI=1S/C16H22N2O8/c1-23-6-7-26-10-15(19)17-13(16(20)25-3)9-11-8-12(18(21)22)4-5-14(11)24-2/h4-5,8,13H,6-7,9-10H2,1-3H3,(H,17,19)/t13-/m0/s1. The molecule has 1 rings (SSSR count). The first-order chi connectivity index (χ1) is 12.4. The second-order valence-corrected chi connectivity index (χ2v) is 5.15. The van der Waals surface area contributed by atoms with Gasteiger partial charge in [0.25, 0.3) is 5.69 Å². The SMILES string of the molecule is COCCOCC(=O)N[C@@H](Cc1cc([N+](=O)[O-])ccc1OC)C(=O)OC. The fourth-order valence-corrected chi connectivity index (χ4v) is 2.14. The minimum atomic E-state index is -1.05. The lowest BCUT2D eigenvalue weighted by molar-refractivity contribution is -0.384. The Balaban J connectivity index is 2.87. The van der Waals surface area contributed by atoms with Crippen LogP contribution >= 0.6 is 0 Å². The average Bonchev–Trinajstić information content (AvgIpc) is 2.63. The number of nitro benzene ring substituents is 1. The Morgan fingerprint density at radius 2 is 1.96 bits per heavy atom. The Kier molecular flexibility index (Phi) is 9.02. The number of carbonyl (C=O) groups is 2. The normalized spacial score (nSPS) is 11.5. The second kappa shape index (κ2) is 11.0. The number of carbonyl (C=O) groups excluding carboxylic acids is 2. The van der Waals surface area contributed by atoms with Crippen LogP contribution < -0.4 is 10.1 Å². The number of ether oxygens (including phenoxy) is 4. The number of methoxy groups -OCH3 is 3. The minimum absolute atomic E-state index is 0.0403. The molecule has 10 heteroatoms. The molecular formula is C16H22N2O8. The molecule has 0 bridgehead atoms. The first kappa shape index (κ1) is 21.3. The number of esters is 1. The Morgan fingerprint density at radius 1 is 1.23 bits per heavy atom. The summed E-state index contributed by atoms with van der Waals surface area (Å²) in [4.78, 5) is 34.3. The van der Waals surface area contributed by atoms with Crippen LogP contribution in [-0.4, -0.2) is 64.0 Å². The predicted octanol–water partition coefficient (Wildman–Crippen LogP) is 0.467. The summed E-state index contributed by atoms with van der Waals surface area (Å²) in [5, 5.41) is 13.4. The van der Waals surface area contributed by atoms with Crippen LogP contribution in [0.1, 0.15) is 5.56 Å². The third kappa shape index (κ3) is 6.65. The van der Waals surface area contributed by atoms with E-state index in [9.17, 15) is 19.7 Å². The molecule has 10 nitrogen and oxygen atoms in total. The Labute approximate surface area is 150 Å². The maximum Gasteiger partial charge on any atom is 0.328 e. The Bertz CT molecular complexity index is 635. The van der Waals surface area contributed by atoms with Crippen LogP contribution in [0.25, 0.3) is 0 Å². The van der Waals surface area contributed by atoms with Crippen molar-refractivity contribution in [1.29, 1.82) is 0 Å². The molecular weight excluding hydrogens is 348 g/mol. The van der Waals surface area contributed by atoms with Gasteiger partial charge in [-0.25, -0.2) is 4.79 Å². The molecule has 144 valence electrons. The van der Waals surface area contributed by atoms with Crippen molar-refractivity contribution in [3.63, 3.8) is 0 Å². The van der Waals surface area contributed by atoms with E-state index in [1.165, 1.54) is 39.5 Å². The van der Waals surface area contributed by atoms with Crippen LogP contribution in [0.5, 0.6) is 5.75 Å². The zero-order chi connectivity index (χ0) is 19.5. The van der Waals surface area contributed by atoms with Crippen molar-refractivity contribution in [2.24, 2.45) is 0 Å². The van der Waals surface area contributed by atoms with E-state index in [-0.39, 0.29) is 25.3 Å². The van der Waals surface area contributed by atoms with Crippen LogP contribution in [0.2, 0.25) is 0 Å². The van der Waals surface area contributed by atoms with Crippen molar-refractivity contribution in [2.75, 3.05) is 41.2 Å². The summed E-state index contributed by atoms with van der Waals surface area (Å²) in [6, 6.07) is 2.96. The van der Waals surface area contributed by atoms with E-state index in [4.69, 9.17) is 18.9 Å². The monoisotopic (exact) mass is 370 g/mol. The summed E-state index contributed by atoms with van der Waals surface area (Å²) in [6.45, 7) is 0.299. The van der Waals surface area contributed by atoms with Gasteiger partial charge >= 0.3 is 5.97 Å². The molecule has 0 spiro atoms. The van der Waals surface area contributed by atoms with Gasteiger partial charge in [0.2, 0.25) is 5.91 Å². The first-order valence-electron chi connectivity index (χ1n) is 7.68. The lowest BCUT2D eigenvalue weighted by Crippen LogP contribution is -2.44. The lowest BCUT2D eigenvalue weighted by Gasteiger charge is -2.18. The number of hydrogen-bond acceptors (Lipinski definition) is 8. The van der Waals surface area contributed by atoms with E-state index >= 15 is 0 Å². The quantitative estimate of drug-likeness (QED) is 0.258. The molecule has 0 aliphatic carbocycles. The maximum absolute atomic E-state index is 12.0. The molecule has 1 amide bonds. The van der Waals surface area contributed by atoms with Crippen LogP contribution in [0.15, 0.2) is 18.2 Å². The number of nitrogens with zero attached hydrogens (tertiary/aromatic N) is 1. The largest absolute Gasteiger partial charge is 0.496 e. The Morgan fingerprint density at radius 3 is 2.54 bits per heavy atom. The van der Waals surface area contributed by atoms with Gasteiger partial charge in [-0.15, -0.1) is 0 Å². The van der Waals surface area contributed by atoms with Gasteiger partial charge in [-0.1, -0.05) is 0 Å². The summed E-state index contributed by atoms with van der Waals surface area (Å²) in [6.07, 6.45) is -0.0403. The van der Waals surface area contributed by atoms with Crippen LogP contribution in [0, 0.1) is 10.1 Å². The second-order valence-electron chi connectivity index (χ2n) is 5.15. The van der Waals surface area contributed by atoms with Gasteiger partial charge in [-0.05, 0) is 6.07 Å². The molecule has 0 aliphatic heterocycles. The number of nitro groups is 1.